The number of nitrogens with zero attached hydrogens (tertiary/aromatic N) is 1. The number of aliphatic hydroxyl groups is 2. The standard InChI is InChI=1S/C16H26N2O5/c1-18(2,3)10-13(9-15(19)20)23-12-6-4-11(5-7-12)8-14(17)16(21)22/h4-7,13-14,16,21-22H,8-10,17H2,1-3H3/t13?,14-/m0/s1. The summed E-state index contributed by atoms with van der Waals surface area (Å²) in [7, 11) is 5.86. The Morgan fingerprint density at radius 2 is 1.83 bits per heavy atom. The second-order valence-electron chi connectivity index (χ2n) is 6.71. The number of likely N-dealkylation sites (N-methyl/N-ethyl adjacent to an activating group) is 1. The summed E-state index contributed by atoms with van der Waals surface area (Å²) in [5.41, 5.74) is 6.42. The van der Waals surface area contributed by atoms with Gasteiger partial charge in [-0.05, 0) is 24.1 Å². The molecule has 0 aliphatic heterocycles. The molecule has 7 nitrogen and oxygen atoms in total. The van der Waals surface area contributed by atoms with Crippen LogP contribution in [-0.4, -0.2) is 66.8 Å². The fraction of sp³-hybridized carbons (Fsp3) is 0.562. The van der Waals surface area contributed by atoms with Gasteiger partial charge in [-0.3, -0.25) is 0 Å². The summed E-state index contributed by atoms with van der Waals surface area (Å²) in [6.45, 7) is 0.525. The van der Waals surface area contributed by atoms with Crippen molar-refractivity contribution in [2.24, 2.45) is 5.73 Å². The van der Waals surface area contributed by atoms with Gasteiger partial charge >= 0.3 is 0 Å². The largest absolute Gasteiger partial charge is 0.550 e. The van der Waals surface area contributed by atoms with Crippen molar-refractivity contribution < 1.29 is 29.3 Å². The molecule has 1 aromatic rings. The monoisotopic (exact) mass is 326 g/mol. The van der Waals surface area contributed by atoms with Crippen molar-refractivity contribution in [1.29, 1.82) is 0 Å². The SMILES string of the molecule is C[N+](C)(C)CC(CC(=O)[O-])Oc1ccc(C[C@H](N)C(O)O)cc1. The number of aliphatic carboxylic acids is 1. The molecule has 0 aromatic heterocycles. The summed E-state index contributed by atoms with van der Waals surface area (Å²) in [6.07, 6.45) is -1.92. The van der Waals surface area contributed by atoms with Gasteiger partial charge in [0.05, 0.1) is 27.2 Å². The third-order valence-electron chi connectivity index (χ3n) is 3.23. The molecule has 23 heavy (non-hydrogen) atoms. The number of carboxylic acids is 1. The molecule has 0 radical (unpaired) electrons. The summed E-state index contributed by atoms with van der Waals surface area (Å²) >= 11 is 0. The van der Waals surface area contributed by atoms with Crippen molar-refractivity contribution in [3.63, 3.8) is 0 Å². The maximum Gasteiger partial charge on any atom is 0.167 e. The third kappa shape index (κ3) is 7.94. The summed E-state index contributed by atoms with van der Waals surface area (Å²) < 4.78 is 6.31. The molecular formula is C16H26N2O5. The summed E-state index contributed by atoms with van der Waals surface area (Å²) in [5, 5.41) is 28.8. The van der Waals surface area contributed by atoms with E-state index in [2.05, 4.69) is 0 Å². The van der Waals surface area contributed by atoms with Crippen LogP contribution < -0.4 is 15.6 Å². The molecule has 0 amide bonds. The Balaban J connectivity index is 2.71. The summed E-state index contributed by atoms with van der Waals surface area (Å²) in [5.74, 6) is -0.602. The van der Waals surface area contributed by atoms with Gasteiger partial charge in [0.1, 0.15) is 12.3 Å². The zero-order chi connectivity index (χ0) is 17.6. The number of carbonyl (C=O) groups is 1. The van der Waals surface area contributed by atoms with Gasteiger partial charge in [-0.25, -0.2) is 0 Å². The van der Waals surface area contributed by atoms with E-state index >= 15 is 0 Å². The number of ether oxygens (including phenoxy) is 1. The maximum atomic E-state index is 10.9. The quantitative estimate of drug-likeness (QED) is 0.374. The number of benzene rings is 1. The van der Waals surface area contributed by atoms with E-state index < -0.39 is 24.4 Å². The van der Waals surface area contributed by atoms with E-state index in [1.165, 1.54) is 0 Å². The Kier molecular flexibility index (Phi) is 6.96. The first-order valence-electron chi connectivity index (χ1n) is 7.44. The van der Waals surface area contributed by atoms with Gasteiger partial charge in [0.15, 0.2) is 12.4 Å². The number of hydrogen-bond donors (Lipinski definition) is 3. The first-order valence-corrected chi connectivity index (χ1v) is 7.44. The van der Waals surface area contributed by atoms with Crippen LogP contribution in [0.5, 0.6) is 5.75 Å². The molecule has 0 heterocycles. The second-order valence-corrected chi connectivity index (χ2v) is 6.71. The average molecular weight is 326 g/mol. The molecule has 1 unspecified atom stereocenters. The van der Waals surface area contributed by atoms with Crippen molar-refractivity contribution in [2.45, 2.75) is 31.3 Å². The molecule has 0 saturated carbocycles. The molecule has 0 aliphatic carbocycles. The molecule has 0 aliphatic rings. The smallest absolute Gasteiger partial charge is 0.167 e. The zero-order valence-corrected chi connectivity index (χ0v) is 13.8. The Morgan fingerprint density at radius 1 is 1.26 bits per heavy atom. The van der Waals surface area contributed by atoms with Crippen LogP contribution >= 0.6 is 0 Å². The number of rotatable bonds is 9. The van der Waals surface area contributed by atoms with Crippen LogP contribution in [0.1, 0.15) is 12.0 Å². The van der Waals surface area contributed by atoms with Gasteiger partial charge in [-0.15, -0.1) is 0 Å². The highest BCUT2D eigenvalue weighted by molar-refractivity contribution is 5.65. The average Bonchev–Trinajstić information content (AvgIpc) is 2.38. The lowest BCUT2D eigenvalue weighted by molar-refractivity contribution is -0.873. The van der Waals surface area contributed by atoms with Crippen LogP contribution in [0.15, 0.2) is 24.3 Å². The van der Waals surface area contributed by atoms with E-state index in [0.717, 1.165) is 5.56 Å². The molecule has 4 N–H and O–H groups in total. The molecule has 0 spiro atoms. The van der Waals surface area contributed by atoms with E-state index in [-0.39, 0.29) is 6.42 Å². The Hall–Kier alpha value is -1.67. The molecular weight excluding hydrogens is 300 g/mol. The van der Waals surface area contributed by atoms with Gasteiger partial charge in [-0.2, -0.15) is 0 Å². The molecule has 1 aromatic carbocycles. The molecule has 0 fully saturated rings. The van der Waals surface area contributed by atoms with E-state index in [0.29, 0.717) is 23.2 Å². The minimum atomic E-state index is -1.57. The van der Waals surface area contributed by atoms with Crippen LogP contribution in [-0.2, 0) is 11.2 Å². The van der Waals surface area contributed by atoms with Crippen molar-refractivity contribution in [3.8, 4) is 5.75 Å². The highest BCUT2D eigenvalue weighted by Crippen LogP contribution is 2.17. The van der Waals surface area contributed by atoms with E-state index in [1.54, 1.807) is 24.3 Å². The third-order valence-corrected chi connectivity index (χ3v) is 3.23. The van der Waals surface area contributed by atoms with Crippen LogP contribution in [0.2, 0.25) is 0 Å². The predicted molar refractivity (Wildman–Crippen MR) is 83.3 cm³/mol. The van der Waals surface area contributed by atoms with E-state index in [1.807, 2.05) is 21.1 Å². The van der Waals surface area contributed by atoms with Gasteiger partial charge in [0.2, 0.25) is 0 Å². The Bertz CT molecular complexity index is 496. The fourth-order valence-electron chi connectivity index (χ4n) is 2.21. The lowest BCUT2D eigenvalue weighted by Crippen LogP contribution is -2.45. The van der Waals surface area contributed by atoms with Gasteiger partial charge < -0.3 is 35.1 Å². The number of quaternary nitrogens is 1. The maximum absolute atomic E-state index is 10.9. The lowest BCUT2D eigenvalue weighted by atomic mass is 10.1. The van der Waals surface area contributed by atoms with Crippen LogP contribution in [0, 0.1) is 0 Å². The second kappa shape index (κ2) is 8.26. The normalized spacial score (nSPS) is 14.6. The number of carboxylic acid groups (broad SMARTS) is 1. The van der Waals surface area contributed by atoms with Crippen molar-refractivity contribution >= 4 is 5.97 Å². The topological polar surface area (TPSA) is 116 Å². The molecule has 0 saturated heterocycles. The highest BCUT2D eigenvalue weighted by atomic mass is 16.5. The number of carbonyl (C=O) groups excluding carboxylic acids is 1. The molecule has 0 bridgehead atoms. The summed E-state index contributed by atoms with van der Waals surface area (Å²) in [4.78, 5) is 10.9. The zero-order valence-electron chi connectivity index (χ0n) is 13.8. The van der Waals surface area contributed by atoms with Gasteiger partial charge in [-0.1, -0.05) is 12.1 Å². The lowest BCUT2D eigenvalue weighted by Gasteiger charge is -2.29. The van der Waals surface area contributed by atoms with Crippen molar-refractivity contribution in [3.05, 3.63) is 29.8 Å². The Labute approximate surface area is 136 Å². The fourth-order valence-corrected chi connectivity index (χ4v) is 2.21. The molecule has 1 rings (SSSR count). The number of hydrogen-bond acceptors (Lipinski definition) is 6. The minimum Gasteiger partial charge on any atom is -0.550 e. The van der Waals surface area contributed by atoms with Crippen molar-refractivity contribution in [2.75, 3.05) is 27.7 Å². The molecule has 7 heteroatoms. The molecule has 130 valence electrons. The predicted octanol–water partition coefficient (Wildman–Crippen LogP) is -1.54. The van der Waals surface area contributed by atoms with Crippen LogP contribution in [0.3, 0.4) is 0 Å². The van der Waals surface area contributed by atoms with Crippen LogP contribution in [0.4, 0.5) is 0 Å². The molecule has 2 atom stereocenters. The van der Waals surface area contributed by atoms with Crippen molar-refractivity contribution in [1.82, 2.24) is 0 Å². The van der Waals surface area contributed by atoms with Gasteiger partial charge in [0, 0.05) is 12.4 Å². The number of nitrogens with two attached hydrogens (primary N) is 1. The first-order chi connectivity index (χ1) is 10.6. The Morgan fingerprint density at radius 3 is 2.26 bits per heavy atom. The minimum absolute atomic E-state index is 0.182. The van der Waals surface area contributed by atoms with E-state index in [4.69, 9.17) is 20.7 Å². The van der Waals surface area contributed by atoms with Gasteiger partial charge in [0.25, 0.3) is 0 Å². The highest BCUT2D eigenvalue weighted by Gasteiger charge is 2.20. The summed E-state index contributed by atoms with van der Waals surface area (Å²) in [6, 6.07) is 6.19. The van der Waals surface area contributed by atoms with Crippen LogP contribution in [0.25, 0.3) is 0 Å². The first kappa shape index (κ1) is 19.4. The van der Waals surface area contributed by atoms with E-state index in [9.17, 15) is 9.90 Å². The number of aliphatic hydroxyl groups excluding tert-OH is 1.